The highest BCUT2D eigenvalue weighted by Crippen LogP contribution is 2.31. The molecule has 3 heterocycles. The van der Waals surface area contributed by atoms with Gasteiger partial charge in [0.2, 0.25) is 5.91 Å². The molecule has 0 saturated carbocycles. The van der Waals surface area contributed by atoms with Crippen LogP contribution in [-0.2, 0) is 11.3 Å². The number of anilines is 2. The first kappa shape index (κ1) is 17.8. The van der Waals surface area contributed by atoms with Crippen LogP contribution in [0.3, 0.4) is 0 Å². The fourth-order valence-electron chi connectivity index (χ4n) is 4.02. The first-order valence-electron chi connectivity index (χ1n) is 9.93. The van der Waals surface area contributed by atoms with E-state index in [1.807, 2.05) is 36.5 Å². The Hall–Kier alpha value is -2.63. The van der Waals surface area contributed by atoms with Gasteiger partial charge in [0.05, 0.1) is 11.9 Å². The van der Waals surface area contributed by atoms with Gasteiger partial charge in [0.25, 0.3) is 0 Å². The summed E-state index contributed by atoms with van der Waals surface area (Å²) in [5, 5.41) is 3.09. The third-order valence-electron chi connectivity index (χ3n) is 5.59. The number of carbonyl (C=O) groups is 1. The fourth-order valence-corrected chi connectivity index (χ4v) is 4.02. The van der Waals surface area contributed by atoms with Crippen LogP contribution in [0.1, 0.15) is 31.2 Å². The zero-order valence-corrected chi connectivity index (χ0v) is 15.7. The first-order valence-corrected chi connectivity index (χ1v) is 9.93. The zero-order valence-electron chi connectivity index (χ0n) is 15.7. The number of nitrogens with one attached hydrogen (secondary N) is 1. The number of hydrogen-bond acceptors (Lipinski definition) is 5. The van der Waals surface area contributed by atoms with Crippen LogP contribution in [0.2, 0.25) is 0 Å². The van der Waals surface area contributed by atoms with Gasteiger partial charge in [-0.15, -0.1) is 0 Å². The molecule has 0 spiro atoms. The number of nitrogens with zero attached hydrogens (tertiary/aromatic N) is 4. The van der Waals surface area contributed by atoms with Crippen molar-refractivity contribution in [2.45, 2.75) is 32.2 Å². The summed E-state index contributed by atoms with van der Waals surface area (Å²) in [6, 6.07) is 10.1. The molecular weight excluding hydrogens is 338 g/mol. The standard InChI is InChI=1S/C21H27N5O/c27-21(23-14-17-6-2-1-3-7-17)18-8-12-25(13-9-18)19-15-22-16-24-20(19)26-10-4-5-11-26/h1-3,6-7,15-16,18H,4-5,8-14H2,(H,23,27). The molecule has 0 aliphatic carbocycles. The molecule has 6 heteroatoms. The third-order valence-corrected chi connectivity index (χ3v) is 5.59. The maximum absolute atomic E-state index is 12.5. The molecule has 1 N–H and O–H groups in total. The lowest BCUT2D eigenvalue weighted by atomic mass is 9.95. The van der Waals surface area contributed by atoms with Gasteiger partial charge in [-0.1, -0.05) is 30.3 Å². The number of benzene rings is 1. The Balaban J connectivity index is 1.33. The Labute approximate surface area is 160 Å². The minimum Gasteiger partial charge on any atom is -0.367 e. The summed E-state index contributed by atoms with van der Waals surface area (Å²) in [6.45, 7) is 4.49. The van der Waals surface area contributed by atoms with Crippen molar-refractivity contribution in [3.8, 4) is 0 Å². The molecule has 2 saturated heterocycles. The molecule has 2 aromatic rings. The van der Waals surface area contributed by atoms with Crippen molar-refractivity contribution in [2.24, 2.45) is 5.92 Å². The van der Waals surface area contributed by atoms with E-state index >= 15 is 0 Å². The van der Waals surface area contributed by atoms with Crippen molar-refractivity contribution in [3.63, 3.8) is 0 Å². The van der Waals surface area contributed by atoms with Crippen LogP contribution in [0.4, 0.5) is 11.5 Å². The Kier molecular flexibility index (Phi) is 5.51. The molecule has 142 valence electrons. The Bertz CT molecular complexity index is 752. The molecular formula is C21H27N5O. The quantitative estimate of drug-likeness (QED) is 0.883. The lowest BCUT2D eigenvalue weighted by Crippen LogP contribution is -2.41. The van der Waals surface area contributed by atoms with E-state index in [0.717, 1.165) is 56.1 Å². The summed E-state index contributed by atoms with van der Waals surface area (Å²) >= 11 is 0. The van der Waals surface area contributed by atoms with Gasteiger partial charge < -0.3 is 15.1 Å². The van der Waals surface area contributed by atoms with Crippen molar-refractivity contribution >= 4 is 17.4 Å². The summed E-state index contributed by atoms with van der Waals surface area (Å²) in [5.74, 6) is 1.31. The van der Waals surface area contributed by atoms with Gasteiger partial charge >= 0.3 is 0 Å². The Morgan fingerprint density at radius 2 is 1.78 bits per heavy atom. The molecule has 2 aliphatic rings. The number of carbonyl (C=O) groups excluding carboxylic acids is 1. The van der Waals surface area contributed by atoms with Crippen LogP contribution < -0.4 is 15.1 Å². The number of amides is 1. The van der Waals surface area contributed by atoms with Gasteiger partial charge in [-0.25, -0.2) is 9.97 Å². The molecule has 0 bridgehead atoms. The second-order valence-corrected chi connectivity index (χ2v) is 7.39. The highest BCUT2D eigenvalue weighted by molar-refractivity contribution is 5.79. The minimum atomic E-state index is 0.0878. The van der Waals surface area contributed by atoms with Crippen LogP contribution in [0.25, 0.3) is 0 Å². The van der Waals surface area contributed by atoms with Crippen LogP contribution >= 0.6 is 0 Å². The number of hydrogen-bond donors (Lipinski definition) is 1. The van der Waals surface area contributed by atoms with E-state index in [4.69, 9.17) is 0 Å². The fraction of sp³-hybridized carbons (Fsp3) is 0.476. The average molecular weight is 365 g/mol. The average Bonchev–Trinajstić information content (AvgIpc) is 3.28. The lowest BCUT2D eigenvalue weighted by Gasteiger charge is -2.34. The zero-order chi connectivity index (χ0) is 18.5. The maximum Gasteiger partial charge on any atom is 0.223 e. The predicted octanol–water partition coefficient (Wildman–Crippen LogP) is 2.61. The van der Waals surface area contributed by atoms with Crippen LogP contribution in [0, 0.1) is 5.92 Å². The van der Waals surface area contributed by atoms with Crippen molar-refractivity contribution in [2.75, 3.05) is 36.0 Å². The normalized spacial score (nSPS) is 17.9. The van der Waals surface area contributed by atoms with E-state index in [9.17, 15) is 4.79 Å². The number of piperidine rings is 1. The van der Waals surface area contributed by atoms with E-state index in [2.05, 4.69) is 25.1 Å². The van der Waals surface area contributed by atoms with Crippen LogP contribution in [-0.4, -0.2) is 42.1 Å². The van der Waals surface area contributed by atoms with Crippen molar-refractivity contribution in [1.82, 2.24) is 15.3 Å². The second-order valence-electron chi connectivity index (χ2n) is 7.39. The first-order chi connectivity index (χ1) is 13.3. The third kappa shape index (κ3) is 4.21. The van der Waals surface area contributed by atoms with E-state index in [1.54, 1.807) is 6.33 Å². The molecule has 1 aromatic heterocycles. The van der Waals surface area contributed by atoms with Crippen molar-refractivity contribution in [3.05, 3.63) is 48.4 Å². The minimum absolute atomic E-state index is 0.0878. The molecule has 0 atom stereocenters. The van der Waals surface area contributed by atoms with E-state index in [0.29, 0.717) is 6.54 Å². The van der Waals surface area contributed by atoms with Gasteiger partial charge in [-0.2, -0.15) is 0 Å². The molecule has 1 aromatic carbocycles. The van der Waals surface area contributed by atoms with Crippen LogP contribution in [0.15, 0.2) is 42.9 Å². The maximum atomic E-state index is 12.5. The van der Waals surface area contributed by atoms with Crippen LogP contribution in [0.5, 0.6) is 0 Å². The van der Waals surface area contributed by atoms with E-state index < -0.39 is 0 Å². The topological polar surface area (TPSA) is 61.4 Å². The van der Waals surface area contributed by atoms with Gasteiger partial charge in [-0.3, -0.25) is 4.79 Å². The molecule has 4 rings (SSSR count). The van der Waals surface area contributed by atoms with Crippen molar-refractivity contribution < 1.29 is 4.79 Å². The summed E-state index contributed by atoms with van der Waals surface area (Å²) in [4.78, 5) is 26.0. The largest absolute Gasteiger partial charge is 0.367 e. The monoisotopic (exact) mass is 365 g/mol. The molecule has 0 radical (unpaired) electrons. The van der Waals surface area contributed by atoms with Gasteiger partial charge in [0.15, 0.2) is 5.82 Å². The molecule has 0 unspecified atom stereocenters. The Morgan fingerprint density at radius 1 is 1.04 bits per heavy atom. The summed E-state index contributed by atoms with van der Waals surface area (Å²) < 4.78 is 0. The predicted molar refractivity (Wildman–Crippen MR) is 107 cm³/mol. The van der Waals surface area contributed by atoms with Gasteiger partial charge in [0, 0.05) is 38.6 Å². The molecule has 1 amide bonds. The SMILES string of the molecule is O=C(NCc1ccccc1)C1CCN(c2cncnc2N2CCCC2)CC1. The highest BCUT2D eigenvalue weighted by Gasteiger charge is 2.28. The summed E-state index contributed by atoms with van der Waals surface area (Å²) in [6.07, 6.45) is 7.77. The highest BCUT2D eigenvalue weighted by atomic mass is 16.1. The van der Waals surface area contributed by atoms with E-state index in [-0.39, 0.29) is 11.8 Å². The molecule has 2 aliphatic heterocycles. The number of aromatic nitrogens is 2. The summed E-state index contributed by atoms with van der Waals surface area (Å²) in [5.41, 5.74) is 2.25. The molecule has 27 heavy (non-hydrogen) atoms. The number of rotatable bonds is 5. The summed E-state index contributed by atoms with van der Waals surface area (Å²) in [7, 11) is 0. The van der Waals surface area contributed by atoms with Crippen molar-refractivity contribution in [1.29, 1.82) is 0 Å². The van der Waals surface area contributed by atoms with Gasteiger partial charge in [-0.05, 0) is 31.2 Å². The molecule has 2 fully saturated rings. The lowest BCUT2D eigenvalue weighted by molar-refractivity contribution is -0.125. The molecule has 6 nitrogen and oxygen atoms in total. The smallest absolute Gasteiger partial charge is 0.223 e. The second kappa shape index (κ2) is 8.37. The Morgan fingerprint density at radius 3 is 2.52 bits per heavy atom. The van der Waals surface area contributed by atoms with Gasteiger partial charge in [0.1, 0.15) is 6.33 Å². The van der Waals surface area contributed by atoms with E-state index in [1.165, 1.54) is 12.8 Å².